The second-order valence-corrected chi connectivity index (χ2v) is 3.67. The van der Waals surface area contributed by atoms with Gasteiger partial charge in [0.1, 0.15) is 22.8 Å². The molecule has 0 aliphatic heterocycles. The number of nitrogens with zero attached hydrogens (tertiary/aromatic N) is 4. The SMILES string of the molecule is CC(=N/O)/C(C)=N/O.O/N=C1/CCCC/C1=N\O. The molecule has 8 heteroatoms. The molecule has 0 aromatic heterocycles. The van der Waals surface area contributed by atoms with Crippen molar-refractivity contribution in [3.8, 4) is 0 Å². The van der Waals surface area contributed by atoms with Crippen LogP contribution in [-0.4, -0.2) is 43.7 Å². The molecule has 0 bridgehead atoms. The Balaban J connectivity index is 0.000000331. The fraction of sp³-hybridized carbons (Fsp3) is 0.600. The van der Waals surface area contributed by atoms with Crippen molar-refractivity contribution in [3.05, 3.63) is 0 Å². The standard InChI is InChI=1S/C6H10N2O2.C4H8N2O2/c9-7-5-3-1-2-4-6(5)8-10;1-3(5-7)4(2)6-8/h9-10H,1-4H2;7-8H,1-2H3/b7-5-,8-6+;5-3-,6-4+. The van der Waals surface area contributed by atoms with Gasteiger partial charge in [-0.3, -0.25) is 0 Å². The average molecular weight is 258 g/mol. The van der Waals surface area contributed by atoms with Crippen LogP contribution in [0, 0.1) is 0 Å². The molecule has 0 unspecified atom stereocenters. The van der Waals surface area contributed by atoms with E-state index in [9.17, 15) is 0 Å². The van der Waals surface area contributed by atoms with E-state index in [1.54, 1.807) is 0 Å². The minimum atomic E-state index is 0.313. The lowest BCUT2D eigenvalue weighted by Gasteiger charge is -2.11. The van der Waals surface area contributed by atoms with E-state index in [0.29, 0.717) is 22.8 Å². The van der Waals surface area contributed by atoms with Gasteiger partial charge in [-0.1, -0.05) is 20.6 Å². The van der Waals surface area contributed by atoms with Crippen LogP contribution >= 0.6 is 0 Å². The van der Waals surface area contributed by atoms with Gasteiger partial charge in [-0.05, 0) is 39.5 Å². The normalized spacial score (nSPS) is 21.7. The molecule has 0 aromatic carbocycles. The summed E-state index contributed by atoms with van der Waals surface area (Å²) >= 11 is 0. The van der Waals surface area contributed by atoms with E-state index in [1.807, 2.05) is 0 Å². The highest BCUT2D eigenvalue weighted by molar-refractivity contribution is 6.42. The van der Waals surface area contributed by atoms with Crippen molar-refractivity contribution in [1.82, 2.24) is 0 Å². The molecule has 1 saturated carbocycles. The Morgan fingerprint density at radius 1 is 0.778 bits per heavy atom. The highest BCUT2D eigenvalue weighted by atomic mass is 16.4. The van der Waals surface area contributed by atoms with Crippen molar-refractivity contribution in [2.24, 2.45) is 20.6 Å². The quantitative estimate of drug-likeness (QED) is 0.325. The zero-order valence-corrected chi connectivity index (χ0v) is 10.4. The number of oxime groups is 4. The fourth-order valence-corrected chi connectivity index (χ4v) is 1.23. The molecule has 0 amide bonds. The molecule has 0 saturated heterocycles. The lowest BCUT2D eigenvalue weighted by Crippen LogP contribution is -2.18. The van der Waals surface area contributed by atoms with Gasteiger partial charge in [-0.2, -0.15) is 0 Å². The number of hydrogen-bond donors (Lipinski definition) is 4. The minimum Gasteiger partial charge on any atom is -0.411 e. The topological polar surface area (TPSA) is 130 Å². The summed E-state index contributed by atoms with van der Waals surface area (Å²) in [4.78, 5) is 0. The van der Waals surface area contributed by atoms with Crippen molar-refractivity contribution < 1.29 is 20.8 Å². The van der Waals surface area contributed by atoms with Crippen LogP contribution in [0.25, 0.3) is 0 Å². The summed E-state index contributed by atoms with van der Waals surface area (Å²) in [5.74, 6) is 0. The second-order valence-electron chi connectivity index (χ2n) is 3.67. The van der Waals surface area contributed by atoms with E-state index >= 15 is 0 Å². The van der Waals surface area contributed by atoms with Crippen LogP contribution < -0.4 is 0 Å². The Morgan fingerprint density at radius 3 is 1.33 bits per heavy atom. The summed E-state index contributed by atoms with van der Waals surface area (Å²) in [6.07, 6.45) is 3.46. The molecule has 1 rings (SSSR count). The van der Waals surface area contributed by atoms with Gasteiger partial charge >= 0.3 is 0 Å². The lowest BCUT2D eigenvalue weighted by molar-refractivity contribution is 0.310. The first-order chi connectivity index (χ1) is 8.60. The maximum absolute atomic E-state index is 8.39. The Bertz CT molecular complexity index is 338. The van der Waals surface area contributed by atoms with Crippen molar-refractivity contribution in [2.75, 3.05) is 0 Å². The first-order valence-electron chi connectivity index (χ1n) is 5.40. The summed E-state index contributed by atoms with van der Waals surface area (Å²) in [6.45, 7) is 3.07. The Hall–Kier alpha value is -2.12. The van der Waals surface area contributed by atoms with E-state index in [-0.39, 0.29) is 0 Å². The van der Waals surface area contributed by atoms with Crippen molar-refractivity contribution in [2.45, 2.75) is 39.5 Å². The molecule has 1 aliphatic rings. The maximum atomic E-state index is 8.39. The average Bonchev–Trinajstić information content (AvgIpc) is 2.45. The molecule has 4 N–H and O–H groups in total. The molecule has 0 aromatic rings. The van der Waals surface area contributed by atoms with Gasteiger partial charge in [0, 0.05) is 0 Å². The maximum Gasteiger partial charge on any atom is 0.104 e. The van der Waals surface area contributed by atoms with Crippen LogP contribution in [0.15, 0.2) is 20.6 Å². The van der Waals surface area contributed by atoms with Gasteiger partial charge < -0.3 is 20.8 Å². The van der Waals surface area contributed by atoms with Crippen LogP contribution in [0.5, 0.6) is 0 Å². The highest BCUT2D eigenvalue weighted by Gasteiger charge is 2.15. The zero-order valence-electron chi connectivity index (χ0n) is 10.4. The van der Waals surface area contributed by atoms with Crippen molar-refractivity contribution in [3.63, 3.8) is 0 Å². The zero-order chi connectivity index (χ0) is 14.0. The molecule has 0 heterocycles. The van der Waals surface area contributed by atoms with Gasteiger partial charge in [0.05, 0.1) is 0 Å². The summed E-state index contributed by atoms with van der Waals surface area (Å²) in [5, 5.41) is 44.5. The van der Waals surface area contributed by atoms with Crippen molar-refractivity contribution >= 4 is 22.8 Å². The molecule has 18 heavy (non-hydrogen) atoms. The Kier molecular flexibility index (Phi) is 7.91. The minimum absolute atomic E-state index is 0.313. The second kappa shape index (κ2) is 8.97. The monoisotopic (exact) mass is 258 g/mol. The Morgan fingerprint density at radius 2 is 1.11 bits per heavy atom. The molecule has 102 valence electrons. The first kappa shape index (κ1) is 15.9. The van der Waals surface area contributed by atoms with E-state index in [1.165, 1.54) is 13.8 Å². The molecule has 1 fully saturated rings. The molecule has 1 aliphatic carbocycles. The van der Waals surface area contributed by atoms with Crippen LogP contribution in [0.1, 0.15) is 39.5 Å². The molecular formula is C10H18N4O4. The number of rotatable bonds is 1. The predicted octanol–water partition coefficient (Wildman–Crippen LogP) is 1.91. The third-order valence-corrected chi connectivity index (χ3v) is 2.48. The Labute approximate surface area is 105 Å². The molecule has 0 radical (unpaired) electrons. The largest absolute Gasteiger partial charge is 0.411 e. The summed E-state index contributed by atoms with van der Waals surface area (Å²) in [5.41, 5.74) is 1.67. The van der Waals surface area contributed by atoms with E-state index in [2.05, 4.69) is 20.6 Å². The van der Waals surface area contributed by atoms with Gasteiger partial charge in [0.15, 0.2) is 0 Å². The van der Waals surface area contributed by atoms with Gasteiger partial charge in [0.25, 0.3) is 0 Å². The lowest BCUT2D eigenvalue weighted by atomic mass is 9.97. The summed E-state index contributed by atoms with van der Waals surface area (Å²) in [6, 6.07) is 0. The van der Waals surface area contributed by atoms with Crippen LogP contribution in [-0.2, 0) is 0 Å². The van der Waals surface area contributed by atoms with Crippen LogP contribution in [0.3, 0.4) is 0 Å². The van der Waals surface area contributed by atoms with E-state index in [4.69, 9.17) is 20.8 Å². The number of hydrogen-bond acceptors (Lipinski definition) is 8. The molecule has 0 spiro atoms. The van der Waals surface area contributed by atoms with E-state index < -0.39 is 0 Å². The molecule has 0 atom stereocenters. The van der Waals surface area contributed by atoms with Crippen molar-refractivity contribution in [1.29, 1.82) is 0 Å². The predicted molar refractivity (Wildman–Crippen MR) is 66.7 cm³/mol. The van der Waals surface area contributed by atoms with Gasteiger partial charge in [0.2, 0.25) is 0 Å². The van der Waals surface area contributed by atoms with Gasteiger partial charge in [-0.15, -0.1) is 0 Å². The highest BCUT2D eigenvalue weighted by Crippen LogP contribution is 2.12. The third kappa shape index (κ3) is 5.28. The summed E-state index contributed by atoms with van der Waals surface area (Å²) in [7, 11) is 0. The smallest absolute Gasteiger partial charge is 0.104 e. The third-order valence-electron chi connectivity index (χ3n) is 2.48. The molecular weight excluding hydrogens is 240 g/mol. The first-order valence-corrected chi connectivity index (χ1v) is 5.40. The van der Waals surface area contributed by atoms with E-state index in [0.717, 1.165) is 25.7 Å². The fourth-order valence-electron chi connectivity index (χ4n) is 1.23. The van der Waals surface area contributed by atoms with Crippen LogP contribution in [0.2, 0.25) is 0 Å². The summed E-state index contributed by atoms with van der Waals surface area (Å²) < 4.78 is 0. The van der Waals surface area contributed by atoms with Crippen LogP contribution in [0.4, 0.5) is 0 Å². The molecule has 8 nitrogen and oxygen atoms in total. The van der Waals surface area contributed by atoms with Gasteiger partial charge in [-0.25, -0.2) is 0 Å².